The second-order valence-corrected chi connectivity index (χ2v) is 6.22. The van der Waals surface area contributed by atoms with Crippen LogP contribution in [-0.4, -0.2) is 52.8 Å². The largest absolute Gasteiger partial charge is 0.497 e. The lowest BCUT2D eigenvalue weighted by molar-refractivity contribution is 0.0909. The van der Waals surface area contributed by atoms with Crippen molar-refractivity contribution in [1.82, 2.24) is 10.6 Å². The van der Waals surface area contributed by atoms with E-state index >= 15 is 0 Å². The van der Waals surface area contributed by atoms with Gasteiger partial charge >= 0.3 is 0 Å². The summed E-state index contributed by atoms with van der Waals surface area (Å²) in [5, 5.41) is 5.63. The lowest BCUT2D eigenvalue weighted by Gasteiger charge is -2.17. The minimum atomic E-state index is -0.317. The van der Waals surface area contributed by atoms with Crippen molar-refractivity contribution in [1.29, 1.82) is 0 Å². The van der Waals surface area contributed by atoms with Gasteiger partial charge in [0, 0.05) is 24.7 Å². The Hall–Kier alpha value is -3.42. The standard InChI is InChI=1S/C21H26N2O6/c1-13(23-21(25)17-9-7-15(27-3)11-19(17)29-5)12-22-20(24)16-8-6-14(26-2)10-18(16)28-4/h6-11,13H,12H2,1-5H3,(H,22,24)(H,23,25). The molecule has 0 radical (unpaired) electrons. The van der Waals surface area contributed by atoms with Gasteiger partial charge in [0.2, 0.25) is 0 Å². The Bertz CT molecular complexity index is 868. The smallest absolute Gasteiger partial charge is 0.255 e. The Morgan fingerprint density at radius 1 is 0.793 bits per heavy atom. The van der Waals surface area contributed by atoms with Gasteiger partial charge in [0.15, 0.2) is 0 Å². The fourth-order valence-corrected chi connectivity index (χ4v) is 2.67. The monoisotopic (exact) mass is 402 g/mol. The highest BCUT2D eigenvalue weighted by Gasteiger charge is 2.17. The molecule has 0 heterocycles. The number of carbonyl (C=O) groups excluding carboxylic acids is 2. The van der Waals surface area contributed by atoms with E-state index in [0.717, 1.165) is 0 Å². The van der Waals surface area contributed by atoms with Crippen LogP contribution in [0.5, 0.6) is 23.0 Å². The van der Waals surface area contributed by atoms with E-state index in [2.05, 4.69) is 10.6 Å². The summed E-state index contributed by atoms with van der Waals surface area (Å²) in [6.07, 6.45) is 0. The lowest BCUT2D eigenvalue weighted by atomic mass is 10.1. The maximum absolute atomic E-state index is 12.5. The number of carbonyl (C=O) groups is 2. The van der Waals surface area contributed by atoms with Gasteiger partial charge in [-0.05, 0) is 31.2 Å². The van der Waals surface area contributed by atoms with Crippen LogP contribution in [0.25, 0.3) is 0 Å². The van der Waals surface area contributed by atoms with Crippen molar-refractivity contribution >= 4 is 11.8 Å². The molecule has 0 spiro atoms. The molecule has 2 aromatic rings. The third-order valence-corrected chi connectivity index (χ3v) is 4.25. The van der Waals surface area contributed by atoms with Crippen molar-refractivity contribution in [3.63, 3.8) is 0 Å². The molecular formula is C21H26N2O6. The molecular weight excluding hydrogens is 376 g/mol. The molecule has 0 aliphatic carbocycles. The predicted molar refractivity (Wildman–Crippen MR) is 108 cm³/mol. The topological polar surface area (TPSA) is 95.1 Å². The van der Waals surface area contributed by atoms with Gasteiger partial charge < -0.3 is 29.6 Å². The SMILES string of the molecule is COc1ccc(C(=O)NCC(C)NC(=O)c2ccc(OC)cc2OC)c(OC)c1. The van der Waals surface area contributed by atoms with E-state index in [1.54, 1.807) is 43.3 Å². The maximum atomic E-state index is 12.5. The molecule has 0 aromatic heterocycles. The second kappa shape index (κ2) is 10.2. The van der Waals surface area contributed by atoms with Crippen LogP contribution in [0.15, 0.2) is 36.4 Å². The molecule has 0 saturated heterocycles. The molecule has 0 saturated carbocycles. The van der Waals surface area contributed by atoms with Crippen molar-refractivity contribution in [2.24, 2.45) is 0 Å². The van der Waals surface area contributed by atoms with E-state index in [0.29, 0.717) is 34.1 Å². The summed E-state index contributed by atoms with van der Waals surface area (Å²) in [6, 6.07) is 9.56. The van der Waals surface area contributed by atoms with E-state index in [4.69, 9.17) is 18.9 Å². The minimum absolute atomic E-state index is 0.234. The molecule has 2 N–H and O–H groups in total. The molecule has 1 unspecified atom stereocenters. The summed E-state index contributed by atoms with van der Waals surface area (Å²) in [7, 11) is 6.04. The Kier molecular flexibility index (Phi) is 7.70. The number of methoxy groups -OCH3 is 4. The van der Waals surface area contributed by atoms with Gasteiger partial charge in [-0.2, -0.15) is 0 Å². The molecule has 2 rings (SSSR count). The zero-order valence-electron chi connectivity index (χ0n) is 17.2. The van der Waals surface area contributed by atoms with Crippen molar-refractivity contribution in [2.75, 3.05) is 35.0 Å². The third-order valence-electron chi connectivity index (χ3n) is 4.25. The van der Waals surface area contributed by atoms with Gasteiger partial charge in [0.05, 0.1) is 39.6 Å². The van der Waals surface area contributed by atoms with Crippen LogP contribution in [0.2, 0.25) is 0 Å². The van der Waals surface area contributed by atoms with Gasteiger partial charge in [-0.15, -0.1) is 0 Å². The average molecular weight is 402 g/mol. The van der Waals surface area contributed by atoms with E-state index in [9.17, 15) is 9.59 Å². The summed E-state index contributed by atoms with van der Waals surface area (Å²) in [4.78, 5) is 25.0. The molecule has 2 aromatic carbocycles. The molecule has 0 bridgehead atoms. The van der Waals surface area contributed by atoms with E-state index in [1.165, 1.54) is 28.4 Å². The summed E-state index contributed by atoms with van der Waals surface area (Å²) in [5.74, 6) is 1.36. The van der Waals surface area contributed by atoms with Crippen LogP contribution in [-0.2, 0) is 0 Å². The van der Waals surface area contributed by atoms with E-state index < -0.39 is 0 Å². The first-order valence-corrected chi connectivity index (χ1v) is 8.96. The maximum Gasteiger partial charge on any atom is 0.255 e. The first-order chi connectivity index (χ1) is 13.9. The van der Waals surface area contributed by atoms with Crippen LogP contribution >= 0.6 is 0 Å². The zero-order chi connectivity index (χ0) is 21.4. The molecule has 0 aliphatic rings. The highest BCUT2D eigenvalue weighted by Crippen LogP contribution is 2.25. The summed E-state index contributed by atoms with van der Waals surface area (Å²) in [6.45, 7) is 2.03. The van der Waals surface area contributed by atoms with E-state index in [-0.39, 0.29) is 24.4 Å². The van der Waals surface area contributed by atoms with Crippen molar-refractivity contribution in [2.45, 2.75) is 13.0 Å². The quantitative estimate of drug-likeness (QED) is 0.668. The van der Waals surface area contributed by atoms with Crippen LogP contribution in [0.3, 0.4) is 0 Å². The Morgan fingerprint density at radius 2 is 1.28 bits per heavy atom. The number of rotatable bonds is 9. The molecule has 8 nitrogen and oxygen atoms in total. The first kappa shape index (κ1) is 21.9. The van der Waals surface area contributed by atoms with Crippen LogP contribution in [0.4, 0.5) is 0 Å². The number of amides is 2. The van der Waals surface area contributed by atoms with Gasteiger partial charge in [0.25, 0.3) is 11.8 Å². The number of hydrogen-bond donors (Lipinski definition) is 2. The summed E-state index contributed by atoms with van der Waals surface area (Å²) >= 11 is 0. The number of ether oxygens (including phenoxy) is 4. The molecule has 0 fully saturated rings. The average Bonchev–Trinajstić information content (AvgIpc) is 2.76. The predicted octanol–water partition coefficient (Wildman–Crippen LogP) is 2.27. The third kappa shape index (κ3) is 5.54. The van der Waals surface area contributed by atoms with Crippen LogP contribution < -0.4 is 29.6 Å². The number of benzene rings is 2. The second-order valence-electron chi connectivity index (χ2n) is 6.22. The van der Waals surface area contributed by atoms with Gasteiger partial charge in [-0.1, -0.05) is 0 Å². The first-order valence-electron chi connectivity index (χ1n) is 8.96. The fraction of sp³-hybridized carbons (Fsp3) is 0.333. The van der Waals surface area contributed by atoms with Crippen molar-refractivity contribution in [3.8, 4) is 23.0 Å². The normalized spacial score (nSPS) is 11.2. The lowest BCUT2D eigenvalue weighted by Crippen LogP contribution is -2.42. The fourth-order valence-electron chi connectivity index (χ4n) is 2.67. The van der Waals surface area contributed by atoms with Crippen molar-refractivity contribution < 1.29 is 28.5 Å². The highest BCUT2D eigenvalue weighted by atomic mass is 16.5. The summed E-state index contributed by atoms with van der Waals surface area (Å²) in [5.41, 5.74) is 0.756. The molecule has 2 amide bonds. The highest BCUT2D eigenvalue weighted by molar-refractivity contribution is 5.98. The van der Waals surface area contributed by atoms with Crippen LogP contribution in [0, 0.1) is 0 Å². The van der Waals surface area contributed by atoms with Gasteiger partial charge in [-0.3, -0.25) is 9.59 Å². The Labute approximate surface area is 170 Å². The Morgan fingerprint density at radius 3 is 1.72 bits per heavy atom. The molecule has 29 heavy (non-hydrogen) atoms. The summed E-state index contributed by atoms with van der Waals surface area (Å²) < 4.78 is 20.8. The van der Waals surface area contributed by atoms with Crippen LogP contribution in [0.1, 0.15) is 27.6 Å². The molecule has 8 heteroatoms. The molecule has 156 valence electrons. The minimum Gasteiger partial charge on any atom is -0.497 e. The number of nitrogens with one attached hydrogen (secondary N) is 2. The number of hydrogen-bond acceptors (Lipinski definition) is 6. The molecule has 0 aliphatic heterocycles. The van der Waals surface area contributed by atoms with Crippen molar-refractivity contribution in [3.05, 3.63) is 47.5 Å². The molecule has 1 atom stereocenters. The van der Waals surface area contributed by atoms with Gasteiger partial charge in [-0.25, -0.2) is 0 Å². The zero-order valence-corrected chi connectivity index (χ0v) is 17.2. The Balaban J connectivity index is 1.98. The van der Waals surface area contributed by atoms with Gasteiger partial charge in [0.1, 0.15) is 23.0 Å². The van der Waals surface area contributed by atoms with E-state index in [1.807, 2.05) is 0 Å².